The molecular weight excluding hydrogens is 467 g/mol. The van der Waals surface area contributed by atoms with E-state index in [4.69, 9.17) is 4.74 Å². The normalized spacial score (nSPS) is 11.3. The molecule has 3 N–H and O–H groups in total. The van der Waals surface area contributed by atoms with Crippen LogP contribution in [0.5, 0.6) is 0 Å². The van der Waals surface area contributed by atoms with Gasteiger partial charge in [-0.3, -0.25) is 4.79 Å². The van der Waals surface area contributed by atoms with Crippen LogP contribution in [0.4, 0.5) is 5.69 Å². The third kappa shape index (κ3) is 12.2. The van der Waals surface area contributed by atoms with Crippen LogP contribution in [-0.4, -0.2) is 38.2 Å². The van der Waals surface area contributed by atoms with Crippen molar-refractivity contribution in [2.75, 3.05) is 31.6 Å². The van der Waals surface area contributed by atoms with Gasteiger partial charge in [0.2, 0.25) is 5.91 Å². The van der Waals surface area contributed by atoms with E-state index in [1.807, 2.05) is 45.0 Å². The summed E-state index contributed by atoms with van der Waals surface area (Å²) in [5, 5.41) is 9.42. The minimum Gasteiger partial charge on any atom is -0.380 e. The third-order valence-corrected chi connectivity index (χ3v) is 3.89. The fourth-order valence-electron chi connectivity index (χ4n) is 2.15. The molecule has 1 amide bonds. The number of carbonyl (C=O) groups excluding carboxylic acids is 1. The highest BCUT2D eigenvalue weighted by atomic mass is 127. The summed E-state index contributed by atoms with van der Waals surface area (Å²) in [6.07, 6.45) is 1.09. The molecule has 0 radical (unpaired) electrons. The maximum absolute atomic E-state index is 11.7. The molecular formula is C21H37IN4O2. The van der Waals surface area contributed by atoms with E-state index < -0.39 is 0 Å². The minimum absolute atomic E-state index is 0. The lowest BCUT2D eigenvalue weighted by Gasteiger charge is -2.12. The molecule has 6 nitrogen and oxygen atoms in total. The van der Waals surface area contributed by atoms with Gasteiger partial charge in [-0.2, -0.15) is 0 Å². The molecule has 0 fully saturated rings. The van der Waals surface area contributed by atoms with Gasteiger partial charge in [0, 0.05) is 31.3 Å². The highest BCUT2D eigenvalue weighted by Crippen LogP contribution is 2.11. The number of hydrogen-bond acceptors (Lipinski definition) is 3. The molecule has 1 rings (SSSR count). The number of rotatable bonds is 11. The van der Waals surface area contributed by atoms with Crippen LogP contribution < -0.4 is 16.0 Å². The summed E-state index contributed by atoms with van der Waals surface area (Å²) in [6, 6.07) is 7.79. The van der Waals surface area contributed by atoms with Crippen LogP contribution in [0.3, 0.4) is 0 Å². The van der Waals surface area contributed by atoms with Gasteiger partial charge in [-0.1, -0.05) is 39.8 Å². The average molecular weight is 504 g/mol. The molecule has 0 heterocycles. The molecule has 0 bridgehead atoms. The minimum atomic E-state index is -0.0302. The first-order chi connectivity index (χ1) is 12.9. The molecule has 1 aromatic carbocycles. The van der Waals surface area contributed by atoms with Crippen molar-refractivity contribution in [2.24, 2.45) is 16.8 Å². The topological polar surface area (TPSA) is 74.8 Å². The van der Waals surface area contributed by atoms with Gasteiger partial charge in [-0.25, -0.2) is 4.99 Å². The number of nitrogens with one attached hydrogen (secondary N) is 3. The zero-order valence-electron chi connectivity index (χ0n) is 17.9. The van der Waals surface area contributed by atoms with E-state index in [-0.39, 0.29) is 35.8 Å². The number of amides is 1. The Morgan fingerprint density at radius 2 is 1.75 bits per heavy atom. The van der Waals surface area contributed by atoms with Gasteiger partial charge in [0.15, 0.2) is 5.96 Å². The maximum Gasteiger partial charge on any atom is 0.226 e. The van der Waals surface area contributed by atoms with Crippen LogP contribution in [0.25, 0.3) is 0 Å². The van der Waals surface area contributed by atoms with Gasteiger partial charge in [0.25, 0.3) is 0 Å². The number of nitrogens with zero attached hydrogens (tertiary/aromatic N) is 1. The van der Waals surface area contributed by atoms with Crippen molar-refractivity contribution in [2.45, 2.75) is 47.6 Å². The number of carbonyl (C=O) groups is 1. The molecule has 0 spiro atoms. The number of halogens is 1. The summed E-state index contributed by atoms with van der Waals surface area (Å²) >= 11 is 0. The second-order valence-corrected chi connectivity index (χ2v) is 7.26. The Morgan fingerprint density at radius 3 is 2.32 bits per heavy atom. The summed E-state index contributed by atoms with van der Waals surface area (Å²) in [5.74, 6) is 1.44. The van der Waals surface area contributed by atoms with Crippen LogP contribution in [0.1, 0.15) is 46.6 Å². The molecule has 0 unspecified atom stereocenters. The predicted octanol–water partition coefficient (Wildman–Crippen LogP) is 4.02. The Kier molecular flexibility index (Phi) is 14.8. The van der Waals surface area contributed by atoms with Gasteiger partial charge < -0.3 is 20.7 Å². The number of anilines is 1. The SMILES string of the molecule is CCNC(=NCc1ccc(NC(=O)C(C)C)cc1)NCCOCCC(C)C.I. The molecule has 160 valence electrons. The Morgan fingerprint density at radius 1 is 1.07 bits per heavy atom. The zero-order chi connectivity index (χ0) is 20.1. The largest absolute Gasteiger partial charge is 0.380 e. The number of hydrogen-bond donors (Lipinski definition) is 3. The van der Waals surface area contributed by atoms with E-state index >= 15 is 0 Å². The van der Waals surface area contributed by atoms with E-state index in [9.17, 15) is 4.79 Å². The lowest BCUT2D eigenvalue weighted by molar-refractivity contribution is -0.118. The molecule has 0 aliphatic carbocycles. The van der Waals surface area contributed by atoms with Gasteiger partial charge in [-0.05, 0) is 37.0 Å². The van der Waals surface area contributed by atoms with Gasteiger partial charge in [0.05, 0.1) is 13.2 Å². The second-order valence-electron chi connectivity index (χ2n) is 7.26. The van der Waals surface area contributed by atoms with E-state index in [2.05, 4.69) is 34.8 Å². The second kappa shape index (κ2) is 15.6. The maximum atomic E-state index is 11.7. The number of benzene rings is 1. The monoisotopic (exact) mass is 504 g/mol. The van der Waals surface area contributed by atoms with Crippen LogP contribution in [-0.2, 0) is 16.1 Å². The average Bonchev–Trinajstić information content (AvgIpc) is 2.63. The Bertz CT molecular complexity index is 574. The smallest absolute Gasteiger partial charge is 0.226 e. The Labute approximate surface area is 187 Å². The first kappa shape index (κ1) is 26.6. The fourth-order valence-corrected chi connectivity index (χ4v) is 2.15. The van der Waals surface area contributed by atoms with Crippen molar-refractivity contribution in [1.29, 1.82) is 0 Å². The van der Waals surface area contributed by atoms with Crippen molar-refractivity contribution >= 4 is 41.5 Å². The Hall–Kier alpha value is -1.35. The number of guanidine groups is 1. The van der Waals surface area contributed by atoms with E-state index in [0.717, 1.165) is 43.3 Å². The number of ether oxygens (including phenoxy) is 1. The molecule has 7 heteroatoms. The molecule has 1 aromatic rings. The first-order valence-electron chi connectivity index (χ1n) is 9.92. The van der Waals surface area contributed by atoms with E-state index in [1.54, 1.807) is 0 Å². The van der Waals surface area contributed by atoms with Crippen molar-refractivity contribution in [3.8, 4) is 0 Å². The highest BCUT2D eigenvalue weighted by Gasteiger charge is 2.06. The lowest BCUT2D eigenvalue weighted by atomic mass is 10.1. The van der Waals surface area contributed by atoms with Crippen molar-refractivity contribution in [3.05, 3.63) is 29.8 Å². The van der Waals surface area contributed by atoms with Crippen molar-refractivity contribution < 1.29 is 9.53 Å². The zero-order valence-corrected chi connectivity index (χ0v) is 20.2. The van der Waals surface area contributed by atoms with Crippen LogP contribution in [0.2, 0.25) is 0 Å². The molecule has 0 aromatic heterocycles. The van der Waals surface area contributed by atoms with Crippen molar-refractivity contribution in [1.82, 2.24) is 10.6 Å². The van der Waals surface area contributed by atoms with Crippen LogP contribution in [0.15, 0.2) is 29.3 Å². The summed E-state index contributed by atoms with van der Waals surface area (Å²) in [7, 11) is 0. The molecule has 0 aliphatic heterocycles. The van der Waals surface area contributed by atoms with E-state index in [1.165, 1.54) is 0 Å². The highest BCUT2D eigenvalue weighted by molar-refractivity contribution is 14.0. The molecule has 0 saturated carbocycles. The summed E-state index contributed by atoms with van der Waals surface area (Å²) in [5.41, 5.74) is 1.90. The van der Waals surface area contributed by atoms with Gasteiger partial charge in [-0.15, -0.1) is 24.0 Å². The summed E-state index contributed by atoms with van der Waals surface area (Å²) in [6.45, 7) is 13.8. The fraction of sp³-hybridized carbons (Fsp3) is 0.619. The molecule has 0 saturated heterocycles. The van der Waals surface area contributed by atoms with Crippen molar-refractivity contribution in [3.63, 3.8) is 0 Å². The summed E-state index contributed by atoms with van der Waals surface area (Å²) < 4.78 is 5.62. The molecule has 28 heavy (non-hydrogen) atoms. The molecule has 0 aliphatic rings. The van der Waals surface area contributed by atoms with Gasteiger partial charge >= 0.3 is 0 Å². The number of aliphatic imine (C=N–C) groups is 1. The lowest BCUT2D eigenvalue weighted by Crippen LogP contribution is -2.39. The first-order valence-corrected chi connectivity index (χ1v) is 9.92. The summed E-state index contributed by atoms with van der Waals surface area (Å²) in [4.78, 5) is 16.3. The van der Waals surface area contributed by atoms with Crippen LogP contribution in [0, 0.1) is 11.8 Å². The quantitative estimate of drug-likeness (QED) is 0.184. The van der Waals surface area contributed by atoms with E-state index in [0.29, 0.717) is 19.1 Å². The standard InChI is InChI=1S/C21H36N4O2.HI/c1-6-22-21(23-12-14-27-13-11-16(2)3)24-15-18-7-9-19(10-8-18)25-20(26)17(4)5;/h7-10,16-17H,6,11-15H2,1-5H3,(H,25,26)(H2,22,23,24);1H. The predicted molar refractivity (Wildman–Crippen MR) is 128 cm³/mol. The Balaban J connectivity index is 0.00000729. The van der Waals surface area contributed by atoms with Crippen LogP contribution >= 0.6 is 24.0 Å². The molecule has 0 atom stereocenters. The third-order valence-electron chi connectivity index (χ3n) is 3.89. The van der Waals surface area contributed by atoms with Gasteiger partial charge in [0.1, 0.15) is 0 Å².